The van der Waals surface area contributed by atoms with Gasteiger partial charge in [-0.1, -0.05) is 34.1 Å². The van der Waals surface area contributed by atoms with Gasteiger partial charge >= 0.3 is 0 Å². The molecule has 0 fully saturated rings. The number of imidazole rings is 1. The average Bonchev–Trinajstić information content (AvgIpc) is 2.71. The fraction of sp³-hybridized carbons (Fsp3) is 0.769. The SMILES string of the molecule is CCCC(CNC(C)C)n1ccnc1CC. The maximum absolute atomic E-state index is 4.40. The Morgan fingerprint density at radius 2 is 2.12 bits per heavy atom. The molecule has 92 valence electrons. The van der Waals surface area contributed by atoms with Crippen LogP contribution in [-0.4, -0.2) is 22.1 Å². The molecule has 3 nitrogen and oxygen atoms in total. The first-order valence-corrected chi connectivity index (χ1v) is 6.44. The second-order valence-corrected chi connectivity index (χ2v) is 4.61. The first kappa shape index (κ1) is 13.2. The van der Waals surface area contributed by atoms with Crippen LogP contribution >= 0.6 is 0 Å². The standard InChI is InChI=1S/C13H25N3/c1-5-7-12(10-15-11(3)4)16-9-8-14-13(16)6-2/h8-9,11-12,15H,5-7,10H2,1-4H3. The summed E-state index contributed by atoms with van der Waals surface area (Å²) in [6.07, 6.45) is 7.46. The van der Waals surface area contributed by atoms with Crippen molar-refractivity contribution in [2.45, 2.75) is 59.0 Å². The Kier molecular flexibility index (Phi) is 5.53. The summed E-state index contributed by atoms with van der Waals surface area (Å²) >= 11 is 0. The van der Waals surface area contributed by atoms with Crippen molar-refractivity contribution in [2.24, 2.45) is 0 Å². The smallest absolute Gasteiger partial charge is 0.108 e. The van der Waals surface area contributed by atoms with E-state index in [0.29, 0.717) is 12.1 Å². The Bertz CT molecular complexity index is 291. The van der Waals surface area contributed by atoms with Gasteiger partial charge in [0, 0.05) is 37.4 Å². The van der Waals surface area contributed by atoms with Crippen LogP contribution in [0.3, 0.4) is 0 Å². The van der Waals surface area contributed by atoms with E-state index in [9.17, 15) is 0 Å². The molecule has 1 atom stereocenters. The molecular weight excluding hydrogens is 198 g/mol. The topological polar surface area (TPSA) is 29.9 Å². The summed E-state index contributed by atoms with van der Waals surface area (Å²) in [6.45, 7) is 9.83. The Morgan fingerprint density at radius 1 is 1.38 bits per heavy atom. The van der Waals surface area contributed by atoms with Crippen LogP contribution in [0.15, 0.2) is 12.4 Å². The van der Waals surface area contributed by atoms with E-state index in [4.69, 9.17) is 0 Å². The van der Waals surface area contributed by atoms with Crippen molar-refractivity contribution in [3.05, 3.63) is 18.2 Å². The average molecular weight is 223 g/mol. The van der Waals surface area contributed by atoms with Gasteiger partial charge < -0.3 is 9.88 Å². The Morgan fingerprint density at radius 3 is 2.69 bits per heavy atom. The number of hydrogen-bond donors (Lipinski definition) is 1. The summed E-state index contributed by atoms with van der Waals surface area (Å²) < 4.78 is 2.33. The quantitative estimate of drug-likeness (QED) is 0.770. The van der Waals surface area contributed by atoms with E-state index in [1.54, 1.807) is 0 Å². The van der Waals surface area contributed by atoms with Crippen molar-refractivity contribution < 1.29 is 0 Å². The van der Waals surface area contributed by atoms with Crippen molar-refractivity contribution >= 4 is 0 Å². The third-order valence-electron chi connectivity index (χ3n) is 2.84. The van der Waals surface area contributed by atoms with Crippen LogP contribution in [0.4, 0.5) is 0 Å². The van der Waals surface area contributed by atoms with Crippen molar-refractivity contribution in [3.63, 3.8) is 0 Å². The van der Waals surface area contributed by atoms with Crippen LogP contribution in [0.5, 0.6) is 0 Å². The third kappa shape index (κ3) is 3.63. The van der Waals surface area contributed by atoms with Gasteiger partial charge in [-0.15, -0.1) is 0 Å². The molecule has 1 unspecified atom stereocenters. The zero-order valence-electron chi connectivity index (χ0n) is 11.0. The van der Waals surface area contributed by atoms with Gasteiger partial charge in [0.2, 0.25) is 0 Å². The number of hydrogen-bond acceptors (Lipinski definition) is 2. The van der Waals surface area contributed by atoms with Crippen LogP contribution in [-0.2, 0) is 6.42 Å². The maximum Gasteiger partial charge on any atom is 0.108 e. The molecule has 0 aliphatic carbocycles. The minimum atomic E-state index is 0.546. The highest BCUT2D eigenvalue weighted by molar-refractivity contribution is 4.95. The van der Waals surface area contributed by atoms with E-state index in [1.807, 2.05) is 6.20 Å². The summed E-state index contributed by atoms with van der Waals surface area (Å²) in [5, 5.41) is 3.52. The van der Waals surface area contributed by atoms with Gasteiger partial charge in [-0.3, -0.25) is 0 Å². The first-order chi connectivity index (χ1) is 7.69. The van der Waals surface area contributed by atoms with E-state index in [1.165, 1.54) is 18.7 Å². The van der Waals surface area contributed by atoms with Gasteiger partial charge in [-0.25, -0.2) is 4.98 Å². The highest BCUT2D eigenvalue weighted by Crippen LogP contribution is 2.15. The Hall–Kier alpha value is -0.830. The molecule has 1 heterocycles. The minimum Gasteiger partial charge on any atom is -0.331 e. The zero-order chi connectivity index (χ0) is 12.0. The monoisotopic (exact) mass is 223 g/mol. The number of nitrogens with one attached hydrogen (secondary N) is 1. The fourth-order valence-electron chi connectivity index (χ4n) is 1.99. The number of aryl methyl sites for hydroxylation is 1. The first-order valence-electron chi connectivity index (χ1n) is 6.44. The van der Waals surface area contributed by atoms with E-state index in [-0.39, 0.29) is 0 Å². The van der Waals surface area contributed by atoms with E-state index < -0.39 is 0 Å². The minimum absolute atomic E-state index is 0.546. The lowest BCUT2D eigenvalue weighted by atomic mass is 10.1. The number of rotatable bonds is 7. The molecule has 0 saturated carbocycles. The second-order valence-electron chi connectivity index (χ2n) is 4.61. The lowest BCUT2D eigenvalue weighted by Gasteiger charge is -2.22. The van der Waals surface area contributed by atoms with Gasteiger partial charge in [-0.05, 0) is 6.42 Å². The van der Waals surface area contributed by atoms with Crippen molar-refractivity contribution in [1.82, 2.24) is 14.9 Å². The van der Waals surface area contributed by atoms with Crippen molar-refractivity contribution in [2.75, 3.05) is 6.54 Å². The predicted octanol–water partition coefficient (Wildman–Crippen LogP) is 2.78. The summed E-state index contributed by atoms with van der Waals surface area (Å²) in [7, 11) is 0. The molecule has 0 aliphatic rings. The fourth-order valence-corrected chi connectivity index (χ4v) is 1.99. The van der Waals surface area contributed by atoms with Crippen LogP contribution in [0, 0.1) is 0 Å². The molecule has 0 aromatic carbocycles. The summed E-state index contributed by atoms with van der Waals surface area (Å²) in [6, 6.07) is 1.10. The van der Waals surface area contributed by atoms with Crippen LogP contribution in [0.25, 0.3) is 0 Å². The molecule has 0 bridgehead atoms. The molecule has 0 radical (unpaired) electrons. The van der Waals surface area contributed by atoms with Crippen molar-refractivity contribution in [1.29, 1.82) is 0 Å². The molecule has 1 N–H and O–H groups in total. The van der Waals surface area contributed by atoms with Crippen LogP contribution in [0.1, 0.15) is 52.4 Å². The molecule has 0 spiro atoms. The molecule has 1 rings (SSSR count). The predicted molar refractivity (Wildman–Crippen MR) is 68.7 cm³/mol. The Labute approximate surface area is 99.3 Å². The highest BCUT2D eigenvalue weighted by Gasteiger charge is 2.12. The maximum atomic E-state index is 4.40. The third-order valence-corrected chi connectivity index (χ3v) is 2.84. The second kappa shape index (κ2) is 6.69. The molecule has 1 aromatic rings. The van der Waals surface area contributed by atoms with Gasteiger partial charge in [0.05, 0.1) is 0 Å². The van der Waals surface area contributed by atoms with Gasteiger partial charge in [0.1, 0.15) is 5.82 Å². The number of aromatic nitrogens is 2. The van der Waals surface area contributed by atoms with Gasteiger partial charge in [0.15, 0.2) is 0 Å². The molecule has 3 heteroatoms. The van der Waals surface area contributed by atoms with Gasteiger partial charge in [-0.2, -0.15) is 0 Å². The molecule has 1 aromatic heterocycles. The summed E-state index contributed by atoms with van der Waals surface area (Å²) in [5.41, 5.74) is 0. The summed E-state index contributed by atoms with van der Waals surface area (Å²) in [5.74, 6) is 1.20. The Balaban J connectivity index is 2.68. The lowest BCUT2D eigenvalue weighted by molar-refractivity contribution is 0.401. The molecule has 0 aliphatic heterocycles. The molecule has 0 saturated heterocycles. The lowest BCUT2D eigenvalue weighted by Crippen LogP contribution is -2.31. The van der Waals surface area contributed by atoms with Gasteiger partial charge in [0.25, 0.3) is 0 Å². The zero-order valence-corrected chi connectivity index (χ0v) is 11.0. The normalized spacial score (nSPS) is 13.3. The molecule has 0 amide bonds. The van der Waals surface area contributed by atoms with E-state index in [2.05, 4.69) is 48.8 Å². The highest BCUT2D eigenvalue weighted by atomic mass is 15.1. The van der Waals surface area contributed by atoms with E-state index >= 15 is 0 Å². The molecule has 16 heavy (non-hydrogen) atoms. The molecular formula is C13H25N3. The van der Waals surface area contributed by atoms with Crippen molar-refractivity contribution in [3.8, 4) is 0 Å². The summed E-state index contributed by atoms with van der Waals surface area (Å²) in [4.78, 5) is 4.40. The number of nitrogens with zero attached hydrogens (tertiary/aromatic N) is 2. The largest absolute Gasteiger partial charge is 0.331 e. The van der Waals surface area contributed by atoms with E-state index in [0.717, 1.165) is 13.0 Å². The van der Waals surface area contributed by atoms with Crippen LogP contribution < -0.4 is 5.32 Å². The van der Waals surface area contributed by atoms with Crippen LogP contribution in [0.2, 0.25) is 0 Å².